The number of amides is 1. The number of para-hydroxylation sites is 2. The molecule has 4 aromatic carbocycles. The van der Waals surface area contributed by atoms with Crippen molar-refractivity contribution in [3.8, 4) is 23.0 Å². The molecule has 34 heavy (non-hydrogen) atoms. The molecular formula is C25H19N3O6. The molecule has 0 heterocycles. The number of nitrogens with one attached hydrogen (secondary N) is 1. The molecule has 170 valence electrons. The van der Waals surface area contributed by atoms with Crippen LogP contribution in [0, 0.1) is 10.1 Å². The van der Waals surface area contributed by atoms with Crippen LogP contribution in [-0.2, 0) is 0 Å². The maximum atomic E-state index is 12.5. The lowest BCUT2D eigenvalue weighted by molar-refractivity contribution is -0.385. The maximum absolute atomic E-state index is 12.5. The number of nitro groups is 1. The molecule has 0 bridgehead atoms. The highest BCUT2D eigenvalue weighted by molar-refractivity contribution is 6.01. The molecule has 0 fully saturated rings. The van der Waals surface area contributed by atoms with Crippen LogP contribution in [0.1, 0.15) is 15.9 Å². The van der Waals surface area contributed by atoms with Crippen LogP contribution in [0.5, 0.6) is 23.0 Å². The number of nitro benzene ring substituents is 1. The van der Waals surface area contributed by atoms with Gasteiger partial charge >= 0.3 is 5.69 Å². The van der Waals surface area contributed by atoms with Crippen molar-refractivity contribution in [1.29, 1.82) is 0 Å². The van der Waals surface area contributed by atoms with Gasteiger partial charge in [-0.15, -0.1) is 0 Å². The smallest absolute Gasteiger partial charge is 0.311 e. The molecule has 9 nitrogen and oxygen atoms in total. The van der Waals surface area contributed by atoms with Gasteiger partial charge in [-0.1, -0.05) is 36.4 Å². The van der Waals surface area contributed by atoms with Crippen LogP contribution in [0.15, 0.2) is 84.0 Å². The molecule has 1 amide bonds. The molecule has 0 aromatic heterocycles. The standard InChI is InChI=1S/C25H19N3O6/c1-33-24-12-16(10-11-23(24)34-22-9-5-4-8-20(22)28(31)32)15-26-27-25(30)19-13-17-6-2-3-7-18(17)14-21(19)29/h2-15,29H,1H3,(H,27,30)/b26-15-. The van der Waals surface area contributed by atoms with Gasteiger partial charge in [0, 0.05) is 6.07 Å². The Morgan fingerprint density at radius 2 is 1.68 bits per heavy atom. The van der Waals surface area contributed by atoms with Crippen molar-refractivity contribution >= 4 is 28.6 Å². The lowest BCUT2D eigenvalue weighted by Gasteiger charge is -2.11. The molecule has 0 saturated carbocycles. The number of fused-ring (bicyclic) bond motifs is 1. The molecule has 0 aliphatic carbocycles. The summed E-state index contributed by atoms with van der Waals surface area (Å²) in [7, 11) is 1.44. The lowest BCUT2D eigenvalue weighted by atomic mass is 10.1. The van der Waals surface area contributed by atoms with E-state index in [0.717, 1.165) is 10.8 Å². The summed E-state index contributed by atoms with van der Waals surface area (Å²) in [6.45, 7) is 0. The second kappa shape index (κ2) is 9.70. The Kier molecular flexibility index (Phi) is 6.35. The van der Waals surface area contributed by atoms with Gasteiger partial charge in [-0.25, -0.2) is 5.43 Å². The van der Waals surface area contributed by atoms with Crippen LogP contribution >= 0.6 is 0 Å². The number of aromatic hydroxyl groups is 1. The number of nitrogens with zero attached hydrogens (tertiary/aromatic N) is 2. The number of rotatable bonds is 7. The fraction of sp³-hybridized carbons (Fsp3) is 0.0400. The highest BCUT2D eigenvalue weighted by Gasteiger charge is 2.17. The molecule has 0 unspecified atom stereocenters. The number of phenols is 1. The largest absolute Gasteiger partial charge is 0.507 e. The van der Waals surface area contributed by atoms with Crippen LogP contribution in [0.4, 0.5) is 5.69 Å². The highest BCUT2D eigenvalue weighted by Crippen LogP contribution is 2.36. The summed E-state index contributed by atoms with van der Waals surface area (Å²) in [6, 6.07) is 21.3. The van der Waals surface area contributed by atoms with Crippen molar-refractivity contribution in [3.05, 3.63) is 100 Å². The van der Waals surface area contributed by atoms with Gasteiger partial charge in [-0.05, 0) is 52.7 Å². The second-order valence-electron chi connectivity index (χ2n) is 7.15. The van der Waals surface area contributed by atoms with Gasteiger partial charge < -0.3 is 14.6 Å². The van der Waals surface area contributed by atoms with Gasteiger partial charge in [0.1, 0.15) is 5.75 Å². The number of benzene rings is 4. The third-order valence-electron chi connectivity index (χ3n) is 4.96. The number of hydrogen-bond acceptors (Lipinski definition) is 7. The third-order valence-corrected chi connectivity index (χ3v) is 4.96. The van der Waals surface area contributed by atoms with E-state index in [1.54, 1.807) is 36.4 Å². The van der Waals surface area contributed by atoms with Gasteiger partial charge in [0.25, 0.3) is 5.91 Å². The molecule has 0 radical (unpaired) electrons. The molecule has 0 aliphatic rings. The lowest BCUT2D eigenvalue weighted by Crippen LogP contribution is -2.17. The van der Waals surface area contributed by atoms with E-state index in [0.29, 0.717) is 11.3 Å². The van der Waals surface area contributed by atoms with Crippen LogP contribution in [-0.4, -0.2) is 29.3 Å². The van der Waals surface area contributed by atoms with Crippen molar-refractivity contribution < 1.29 is 24.3 Å². The SMILES string of the molecule is COc1cc(/C=N\NC(=O)c2cc3ccccc3cc2O)ccc1Oc1ccccc1[N+](=O)[O-]. The molecule has 2 N–H and O–H groups in total. The van der Waals surface area contributed by atoms with E-state index in [2.05, 4.69) is 10.5 Å². The van der Waals surface area contributed by atoms with Crippen molar-refractivity contribution in [2.75, 3.05) is 7.11 Å². The zero-order valence-corrected chi connectivity index (χ0v) is 18.0. The zero-order valence-electron chi connectivity index (χ0n) is 18.0. The van der Waals surface area contributed by atoms with Crippen molar-refractivity contribution in [1.82, 2.24) is 5.43 Å². The third kappa shape index (κ3) is 4.78. The molecule has 0 aliphatic heterocycles. The number of ether oxygens (including phenoxy) is 2. The quantitative estimate of drug-likeness (QED) is 0.228. The number of carbonyl (C=O) groups excluding carboxylic acids is 1. The first-order chi connectivity index (χ1) is 16.5. The minimum Gasteiger partial charge on any atom is -0.507 e. The molecular weight excluding hydrogens is 438 g/mol. The number of phenolic OH excluding ortho intramolecular Hbond substituents is 1. The van der Waals surface area contributed by atoms with E-state index in [-0.39, 0.29) is 28.5 Å². The van der Waals surface area contributed by atoms with Crippen molar-refractivity contribution in [2.24, 2.45) is 5.10 Å². The first-order valence-electron chi connectivity index (χ1n) is 10.1. The molecule has 0 spiro atoms. The molecule has 0 saturated heterocycles. The predicted molar refractivity (Wildman–Crippen MR) is 127 cm³/mol. The summed E-state index contributed by atoms with van der Waals surface area (Å²) in [5.41, 5.74) is 2.89. The summed E-state index contributed by atoms with van der Waals surface area (Å²) >= 11 is 0. The molecule has 4 rings (SSSR count). The van der Waals surface area contributed by atoms with Crippen LogP contribution < -0.4 is 14.9 Å². The molecule has 9 heteroatoms. The predicted octanol–water partition coefficient (Wildman–Crippen LogP) is 5.02. The number of hydrazone groups is 1. The normalized spacial score (nSPS) is 10.9. The fourth-order valence-electron chi connectivity index (χ4n) is 3.30. The number of hydrogen-bond donors (Lipinski definition) is 2. The monoisotopic (exact) mass is 457 g/mol. The Morgan fingerprint density at radius 3 is 2.41 bits per heavy atom. The van der Waals surface area contributed by atoms with Gasteiger partial charge in [-0.3, -0.25) is 14.9 Å². The Hall–Kier alpha value is -4.92. The molecule has 0 atom stereocenters. The Bertz CT molecular complexity index is 1420. The summed E-state index contributed by atoms with van der Waals surface area (Å²) in [6.07, 6.45) is 1.40. The van der Waals surface area contributed by atoms with Crippen LogP contribution in [0.3, 0.4) is 0 Å². The summed E-state index contributed by atoms with van der Waals surface area (Å²) in [4.78, 5) is 23.2. The highest BCUT2D eigenvalue weighted by atomic mass is 16.6. The molecule has 4 aromatic rings. The van der Waals surface area contributed by atoms with Crippen LogP contribution in [0.2, 0.25) is 0 Å². The van der Waals surface area contributed by atoms with E-state index in [1.165, 1.54) is 31.5 Å². The summed E-state index contributed by atoms with van der Waals surface area (Å²) < 4.78 is 11.0. The zero-order chi connectivity index (χ0) is 24.1. The Labute approximate surface area is 194 Å². The van der Waals surface area contributed by atoms with E-state index in [1.807, 2.05) is 24.3 Å². The van der Waals surface area contributed by atoms with Gasteiger partial charge in [0.05, 0.1) is 23.8 Å². The summed E-state index contributed by atoms with van der Waals surface area (Å²) in [5.74, 6) is -0.0401. The maximum Gasteiger partial charge on any atom is 0.311 e. The minimum absolute atomic E-state index is 0.0784. The average Bonchev–Trinajstić information content (AvgIpc) is 2.84. The minimum atomic E-state index is -0.567. The van der Waals surface area contributed by atoms with Gasteiger partial charge in [0.15, 0.2) is 11.5 Å². The second-order valence-corrected chi connectivity index (χ2v) is 7.15. The first kappa shape index (κ1) is 22.3. The first-order valence-corrected chi connectivity index (χ1v) is 10.1. The van der Waals surface area contributed by atoms with Crippen molar-refractivity contribution in [3.63, 3.8) is 0 Å². The van der Waals surface area contributed by atoms with Gasteiger partial charge in [0.2, 0.25) is 5.75 Å². The topological polar surface area (TPSA) is 123 Å². The Morgan fingerprint density at radius 1 is 0.971 bits per heavy atom. The average molecular weight is 457 g/mol. The number of methoxy groups -OCH3 is 1. The van der Waals surface area contributed by atoms with Gasteiger partial charge in [-0.2, -0.15) is 5.10 Å². The van der Waals surface area contributed by atoms with Crippen molar-refractivity contribution in [2.45, 2.75) is 0 Å². The Balaban J connectivity index is 1.49. The van der Waals surface area contributed by atoms with E-state index in [9.17, 15) is 20.0 Å². The van der Waals surface area contributed by atoms with E-state index >= 15 is 0 Å². The van der Waals surface area contributed by atoms with E-state index in [4.69, 9.17) is 9.47 Å². The fourth-order valence-corrected chi connectivity index (χ4v) is 3.30. The van der Waals surface area contributed by atoms with Crippen LogP contribution in [0.25, 0.3) is 10.8 Å². The summed E-state index contributed by atoms with van der Waals surface area (Å²) in [5, 5.41) is 27.0. The van der Waals surface area contributed by atoms with E-state index < -0.39 is 10.8 Å². The number of carbonyl (C=O) groups is 1.